The highest BCUT2D eigenvalue weighted by atomic mass is 79.9. The first-order valence-corrected chi connectivity index (χ1v) is 5.22. The van der Waals surface area contributed by atoms with Crippen LogP contribution in [0.4, 0.5) is 0 Å². The Morgan fingerprint density at radius 2 is 2.07 bits per heavy atom. The molecule has 15 heavy (non-hydrogen) atoms. The van der Waals surface area contributed by atoms with Crippen LogP contribution in [-0.2, 0) is 7.05 Å². The van der Waals surface area contributed by atoms with E-state index in [2.05, 4.69) is 21.4 Å². The number of aromatic nitrogens is 2. The van der Waals surface area contributed by atoms with Crippen LogP contribution in [0.3, 0.4) is 0 Å². The van der Waals surface area contributed by atoms with Crippen molar-refractivity contribution in [3.63, 3.8) is 0 Å². The molecule has 0 saturated carbocycles. The van der Waals surface area contributed by atoms with E-state index in [1.807, 2.05) is 25.4 Å². The summed E-state index contributed by atoms with van der Waals surface area (Å²) in [5.41, 5.74) is 3.34. The summed E-state index contributed by atoms with van der Waals surface area (Å²) in [5, 5.41) is 0. The minimum absolute atomic E-state index is 0.139. The zero-order valence-electron chi connectivity index (χ0n) is 8.14. The van der Waals surface area contributed by atoms with Gasteiger partial charge in [0.15, 0.2) is 0 Å². The van der Waals surface area contributed by atoms with Crippen molar-refractivity contribution in [3.05, 3.63) is 47.0 Å². The molecule has 0 aromatic carbocycles. The molecule has 1 N–H and O–H groups in total. The van der Waals surface area contributed by atoms with Gasteiger partial charge in [-0.2, -0.15) is 0 Å². The number of carbonyl (C=O) groups excluding carboxylic acids is 1. The topological polar surface area (TPSA) is 39.0 Å². The van der Waals surface area contributed by atoms with E-state index in [1.54, 1.807) is 27.7 Å². The normalized spacial score (nSPS) is 10.3. The van der Waals surface area contributed by atoms with Gasteiger partial charge in [0.25, 0.3) is 5.91 Å². The molecular weight excluding hydrogens is 258 g/mol. The first-order chi connectivity index (χ1) is 7.16. The molecule has 0 fully saturated rings. The first-order valence-electron chi connectivity index (χ1n) is 4.43. The fourth-order valence-corrected chi connectivity index (χ4v) is 1.86. The van der Waals surface area contributed by atoms with Crippen LogP contribution in [0.2, 0.25) is 0 Å². The van der Waals surface area contributed by atoms with Crippen LogP contribution in [0.25, 0.3) is 0 Å². The second-order valence-electron chi connectivity index (χ2n) is 3.19. The number of halogens is 1. The highest BCUT2D eigenvalue weighted by molar-refractivity contribution is 9.10. The number of amides is 1. The maximum Gasteiger partial charge on any atom is 0.286 e. The third kappa shape index (κ3) is 2.12. The molecular formula is C10H10BrN3O. The van der Waals surface area contributed by atoms with Crippen molar-refractivity contribution in [2.45, 2.75) is 0 Å². The standard InChI is InChI=1S/C10H10BrN3O/c1-13-7-8(11)6-9(13)10(15)12-14-4-2-3-5-14/h2-7H,1H3,(H,12,15). The lowest BCUT2D eigenvalue weighted by Gasteiger charge is -2.06. The number of carbonyl (C=O) groups is 1. The summed E-state index contributed by atoms with van der Waals surface area (Å²) in [6.07, 6.45) is 5.39. The van der Waals surface area contributed by atoms with Gasteiger partial charge in [0.05, 0.1) is 0 Å². The molecule has 78 valence electrons. The number of hydrogen-bond acceptors (Lipinski definition) is 1. The van der Waals surface area contributed by atoms with Gasteiger partial charge in [-0.15, -0.1) is 0 Å². The third-order valence-electron chi connectivity index (χ3n) is 2.04. The van der Waals surface area contributed by atoms with E-state index in [9.17, 15) is 4.79 Å². The Morgan fingerprint density at radius 1 is 1.40 bits per heavy atom. The Balaban J connectivity index is 2.18. The number of rotatable bonds is 2. The Kier molecular flexibility index (Phi) is 2.64. The van der Waals surface area contributed by atoms with Crippen LogP contribution in [0.5, 0.6) is 0 Å². The van der Waals surface area contributed by atoms with Crippen LogP contribution in [-0.4, -0.2) is 15.2 Å². The average Bonchev–Trinajstić information content (AvgIpc) is 2.75. The van der Waals surface area contributed by atoms with Crippen LogP contribution in [0.15, 0.2) is 41.3 Å². The van der Waals surface area contributed by atoms with Gasteiger partial charge in [-0.25, -0.2) is 0 Å². The predicted molar refractivity (Wildman–Crippen MR) is 61.2 cm³/mol. The lowest BCUT2D eigenvalue weighted by atomic mass is 10.4. The van der Waals surface area contributed by atoms with E-state index in [-0.39, 0.29) is 5.91 Å². The molecule has 2 rings (SSSR count). The summed E-state index contributed by atoms with van der Waals surface area (Å²) in [5.74, 6) is -0.139. The van der Waals surface area contributed by atoms with Crippen molar-refractivity contribution in [1.29, 1.82) is 0 Å². The number of hydrogen-bond donors (Lipinski definition) is 1. The third-order valence-corrected chi connectivity index (χ3v) is 2.47. The fourth-order valence-electron chi connectivity index (χ4n) is 1.33. The van der Waals surface area contributed by atoms with E-state index in [1.165, 1.54) is 0 Å². The van der Waals surface area contributed by atoms with Gasteiger partial charge in [-0.3, -0.25) is 14.9 Å². The maximum absolute atomic E-state index is 11.8. The van der Waals surface area contributed by atoms with Crippen molar-refractivity contribution >= 4 is 21.8 Å². The number of aryl methyl sites for hydroxylation is 1. The molecule has 0 aliphatic carbocycles. The molecule has 4 nitrogen and oxygen atoms in total. The van der Waals surface area contributed by atoms with Crippen molar-refractivity contribution in [2.24, 2.45) is 7.05 Å². The summed E-state index contributed by atoms with van der Waals surface area (Å²) in [6.45, 7) is 0. The Bertz CT molecular complexity index is 473. The Morgan fingerprint density at radius 3 is 2.60 bits per heavy atom. The highest BCUT2D eigenvalue weighted by Crippen LogP contribution is 2.13. The molecule has 0 unspecified atom stereocenters. The molecule has 2 aromatic heterocycles. The Labute approximate surface area is 95.6 Å². The van der Waals surface area contributed by atoms with Crippen LogP contribution in [0.1, 0.15) is 10.5 Å². The second kappa shape index (κ2) is 3.94. The molecule has 5 heteroatoms. The van der Waals surface area contributed by atoms with Crippen molar-refractivity contribution in [1.82, 2.24) is 9.24 Å². The molecule has 0 bridgehead atoms. The monoisotopic (exact) mass is 267 g/mol. The van der Waals surface area contributed by atoms with Gasteiger partial charge in [-0.05, 0) is 34.1 Å². The molecule has 2 aromatic rings. The maximum atomic E-state index is 11.8. The van der Waals surface area contributed by atoms with E-state index < -0.39 is 0 Å². The molecule has 0 aliphatic rings. The fraction of sp³-hybridized carbons (Fsp3) is 0.100. The van der Waals surface area contributed by atoms with Crippen molar-refractivity contribution < 1.29 is 4.79 Å². The summed E-state index contributed by atoms with van der Waals surface area (Å²) >= 11 is 3.32. The molecule has 1 amide bonds. The first kappa shape index (κ1) is 10.0. The van der Waals surface area contributed by atoms with Gasteiger partial charge in [-0.1, -0.05) is 0 Å². The van der Waals surface area contributed by atoms with Crippen LogP contribution >= 0.6 is 15.9 Å². The molecule has 0 radical (unpaired) electrons. The summed E-state index contributed by atoms with van der Waals surface area (Å²) in [6, 6.07) is 5.47. The molecule has 2 heterocycles. The lowest BCUT2D eigenvalue weighted by molar-refractivity contribution is 0.1000. The van der Waals surface area contributed by atoms with Crippen LogP contribution < -0.4 is 5.43 Å². The predicted octanol–water partition coefficient (Wildman–Crippen LogP) is 1.97. The van der Waals surface area contributed by atoms with Crippen LogP contribution in [0, 0.1) is 0 Å². The quantitative estimate of drug-likeness (QED) is 0.888. The largest absolute Gasteiger partial charge is 0.345 e. The van der Waals surface area contributed by atoms with Gasteiger partial charge in [0, 0.05) is 30.1 Å². The molecule has 0 spiro atoms. The molecule has 0 atom stereocenters. The highest BCUT2D eigenvalue weighted by Gasteiger charge is 2.10. The van der Waals surface area contributed by atoms with Gasteiger partial charge in [0.1, 0.15) is 5.69 Å². The number of nitrogens with zero attached hydrogens (tertiary/aromatic N) is 2. The summed E-state index contributed by atoms with van der Waals surface area (Å²) in [4.78, 5) is 11.8. The number of nitrogens with one attached hydrogen (secondary N) is 1. The van der Waals surface area contributed by atoms with Gasteiger partial charge in [0.2, 0.25) is 0 Å². The van der Waals surface area contributed by atoms with Crippen molar-refractivity contribution in [2.75, 3.05) is 5.43 Å². The lowest BCUT2D eigenvalue weighted by Crippen LogP contribution is -2.23. The second-order valence-corrected chi connectivity index (χ2v) is 4.10. The SMILES string of the molecule is Cn1cc(Br)cc1C(=O)Nn1cccc1. The van der Waals surface area contributed by atoms with Gasteiger partial charge >= 0.3 is 0 Å². The van der Waals surface area contributed by atoms with Gasteiger partial charge < -0.3 is 4.57 Å². The van der Waals surface area contributed by atoms with E-state index in [0.29, 0.717) is 5.69 Å². The van der Waals surface area contributed by atoms with Crippen molar-refractivity contribution in [3.8, 4) is 0 Å². The molecule has 0 saturated heterocycles. The minimum atomic E-state index is -0.139. The average molecular weight is 268 g/mol. The Hall–Kier alpha value is -1.49. The zero-order valence-corrected chi connectivity index (χ0v) is 9.73. The van der Waals surface area contributed by atoms with E-state index in [4.69, 9.17) is 0 Å². The summed E-state index contributed by atoms with van der Waals surface area (Å²) < 4.78 is 4.27. The van der Waals surface area contributed by atoms with E-state index in [0.717, 1.165) is 4.47 Å². The van der Waals surface area contributed by atoms with E-state index >= 15 is 0 Å². The minimum Gasteiger partial charge on any atom is -0.345 e. The summed E-state index contributed by atoms with van der Waals surface area (Å²) in [7, 11) is 1.83. The molecule has 0 aliphatic heterocycles. The zero-order chi connectivity index (χ0) is 10.8. The smallest absolute Gasteiger partial charge is 0.286 e.